The lowest BCUT2D eigenvalue weighted by Crippen LogP contribution is -2.33. The van der Waals surface area contributed by atoms with E-state index in [-0.39, 0.29) is 28.3 Å². The topological polar surface area (TPSA) is 34.1 Å². The van der Waals surface area contributed by atoms with Crippen LogP contribution in [0, 0.1) is 30.6 Å². The van der Waals surface area contributed by atoms with E-state index in [4.69, 9.17) is 23.2 Å². The van der Waals surface area contributed by atoms with Gasteiger partial charge in [-0.3, -0.25) is 9.59 Å². The van der Waals surface area contributed by atoms with Crippen LogP contribution in [0.4, 0.5) is 0 Å². The summed E-state index contributed by atoms with van der Waals surface area (Å²) in [7, 11) is 0. The second-order valence-corrected chi connectivity index (χ2v) is 26.9. The van der Waals surface area contributed by atoms with Crippen LogP contribution in [0.25, 0.3) is 140 Å². The number of benzene rings is 18. The van der Waals surface area contributed by atoms with E-state index in [1.165, 1.54) is 130 Å². The van der Waals surface area contributed by atoms with Crippen molar-refractivity contribution in [2.45, 2.75) is 47.5 Å². The Morgan fingerprint density at radius 3 is 0.787 bits per heavy atom. The van der Waals surface area contributed by atoms with Crippen LogP contribution in [0.2, 0.25) is 10.0 Å². The number of hydrogen-bond acceptors (Lipinski definition) is 2. The molecule has 0 saturated heterocycles. The van der Waals surface area contributed by atoms with Gasteiger partial charge in [-0.2, -0.15) is 0 Å². The molecule has 0 N–H and O–H groups in total. The average Bonchev–Trinajstić information content (AvgIpc) is 1.49. The SMILES string of the molecule is CC12CCC(C(=O)C1=O)C2(C)C.Cc1c2ccccc2c(C)c2ccccc12.Clc1c2ccccc2c(Cl)c2ccccc12.c1cc2ccc3cccc4ccc(c1)c2c34.c1cc2cccc3c4cccc5cccc(c(c1)c23)c54.c1ccc2c(c1)ccc1ccccc12. The van der Waals surface area contributed by atoms with Crippen LogP contribution in [0.15, 0.2) is 291 Å². The van der Waals surface area contributed by atoms with Crippen molar-refractivity contribution in [3.63, 3.8) is 0 Å². The zero-order chi connectivity index (χ0) is 64.4. The molecule has 2 aliphatic carbocycles. The minimum Gasteiger partial charge on any atom is -0.291 e. The molecule has 0 aliphatic heterocycles. The molecule has 454 valence electrons. The summed E-state index contributed by atoms with van der Waals surface area (Å²) in [6.07, 6.45) is 1.81. The van der Waals surface area contributed by atoms with Crippen molar-refractivity contribution in [1.82, 2.24) is 0 Å². The highest BCUT2D eigenvalue weighted by Crippen LogP contribution is 2.62. The highest BCUT2D eigenvalue weighted by atomic mass is 35.5. The largest absolute Gasteiger partial charge is 0.291 e. The van der Waals surface area contributed by atoms with Crippen LogP contribution in [-0.4, -0.2) is 11.6 Å². The second kappa shape index (κ2) is 24.4. The van der Waals surface area contributed by atoms with Gasteiger partial charge in [0.25, 0.3) is 0 Å². The Bertz CT molecular complexity index is 5270. The summed E-state index contributed by atoms with van der Waals surface area (Å²) in [6, 6.07) is 103. The molecule has 4 heteroatoms. The van der Waals surface area contributed by atoms with Crippen molar-refractivity contribution in [1.29, 1.82) is 0 Å². The van der Waals surface area contributed by atoms with Crippen molar-refractivity contribution in [2.75, 3.05) is 0 Å². The molecule has 0 amide bonds. The minimum absolute atomic E-state index is 0.00926. The first-order valence-electron chi connectivity index (χ1n) is 32.5. The number of halogens is 2. The molecule has 2 nitrogen and oxygen atoms in total. The highest BCUT2D eigenvalue weighted by Gasteiger charge is 2.66. The predicted octanol–water partition coefficient (Wildman–Crippen LogP) is 25.8. The van der Waals surface area contributed by atoms with Crippen LogP contribution < -0.4 is 0 Å². The van der Waals surface area contributed by atoms with Crippen molar-refractivity contribution in [3.8, 4) is 0 Å². The summed E-state index contributed by atoms with van der Waals surface area (Å²) in [4.78, 5) is 23.0. The lowest BCUT2D eigenvalue weighted by atomic mass is 9.70. The van der Waals surface area contributed by atoms with Crippen LogP contribution in [0.5, 0.6) is 0 Å². The van der Waals surface area contributed by atoms with E-state index in [1.807, 2.05) is 69.3 Å². The summed E-state index contributed by atoms with van der Waals surface area (Å²) < 4.78 is 0. The molecule has 20 rings (SSSR count). The van der Waals surface area contributed by atoms with E-state index in [2.05, 4.69) is 257 Å². The van der Waals surface area contributed by atoms with Gasteiger partial charge in [0.15, 0.2) is 0 Å². The summed E-state index contributed by atoms with van der Waals surface area (Å²) in [5.41, 5.74) is 2.32. The number of ketones is 2. The standard InChI is InChI=1S/C20H12.C16H10.C16H14.C14H8Cl2.C14H10.C10H14O2/c1-5-13-6-2-11-17-18-12-4-8-14-7-3-10-16(20(14)18)15(9-1)19(13)17;1-3-11-7-9-13-5-2-6-14-10-8-12(4-1)15(11)16(13)14;1-11-13-7-3-5-9-15(13)12(2)16-10-6-4-8-14(11)16;15-13-9-5-1-2-6-10(9)14(16)12-8-4-3-7-11(12)13;1-3-7-13-11(5-1)9-10-12-6-2-4-8-14(12)13;1-9(2)6-4-5-10(9,3)8(12)7(6)11/h1-12H;1-10H;3-10H,1-2H3;1-8H;1-10H;6H,4-5H2,1-3H3. The monoisotopic (exact) mass is 1250 g/mol. The molecule has 0 radical (unpaired) electrons. The Labute approximate surface area is 557 Å². The molecule has 2 atom stereocenters. The summed E-state index contributed by atoms with van der Waals surface area (Å²) in [5.74, 6) is -0.229. The number of carbonyl (C=O) groups is 2. The first kappa shape index (κ1) is 60.0. The molecular formula is C90H68Cl2O2. The normalized spacial score (nSPS) is 15.6. The molecule has 2 fully saturated rings. The van der Waals surface area contributed by atoms with E-state index < -0.39 is 0 Å². The molecule has 2 saturated carbocycles. The molecule has 0 heterocycles. The average molecular weight is 1250 g/mol. The van der Waals surface area contributed by atoms with Crippen molar-refractivity contribution in [3.05, 3.63) is 312 Å². The van der Waals surface area contributed by atoms with Crippen molar-refractivity contribution >= 4 is 175 Å². The maximum absolute atomic E-state index is 11.6. The Hall–Kier alpha value is -10.2. The van der Waals surface area contributed by atoms with E-state index >= 15 is 0 Å². The number of Topliss-reactive ketones (excluding diaryl/α,β-unsaturated/α-hetero) is 2. The molecule has 18 aromatic carbocycles. The number of carbonyl (C=O) groups excluding carboxylic acids is 2. The minimum atomic E-state index is -0.352. The second-order valence-electron chi connectivity index (χ2n) is 26.1. The van der Waals surface area contributed by atoms with Gasteiger partial charge in [0, 0.05) is 32.9 Å². The number of aryl methyl sites for hydroxylation is 2. The Morgan fingerprint density at radius 2 is 0.511 bits per heavy atom. The molecular weight excluding hydrogens is 1180 g/mol. The zero-order valence-electron chi connectivity index (χ0n) is 53.3. The smallest absolute Gasteiger partial charge is 0.205 e. The van der Waals surface area contributed by atoms with Crippen LogP contribution in [0.3, 0.4) is 0 Å². The maximum atomic E-state index is 11.6. The lowest BCUT2D eigenvalue weighted by Gasteiger charge is -2.31. The van der Waals surface area contributed by atoms with E-state index in [9.17, 15) is 9.59 Å². The third kappa shape index (κ3) is 10.1. The van der Waals surface area contributed by atoms with Gasteiger partial charge in [-0.15, -0.1) is 0 Å². The third-order valence-electron chi connectivity index (χ3n) is 21.0. The van der Waals surface area contributed by atoms with Gasteiger partial charge in [-0.1, -0.05) is 335 Å². The van der Waals surface area contributed by atoms with Crippen LogP contribution in [0.1, 0.15) is 44.7 Å². The zero-order valence-corrected chi connectivity index (χ0v) is 54.8. The Kier molecular flexibility index (Phi) is 15.6. The molecule has 0 spiro atoms. The first-order chi connectivity index (χ1) is 45.8. The number of hydrogen-bond donors (Lipinski definition) is 0. The number of rotatable bonds is 0. The van der Waals surface area contributed by atoms with E-state index in [1.54, 1.807) is 0 Å². The maximum Gasteiger partial charge on any atom is 0.205 e. The van der Waals surface area contributed by atoms with Gasteiger partial charge >= 0.3 is 0 Å². The van der Waals surface area contributed by atoms with Gasteiger partial charge in [-0.25, -0.2) is 0 Å². The lowest BCUT2D eigenvalue weighted by molar-refractivity contribution is -0.141. The highest BCUT2D eigenvalue weighted by molar-refractivity contribution is 6.47. The number of fused-ring (bicyclic) bond motifs is 11. The van der Waals surface area contributed by atoms with Gasteiger partial charge in [0.05, 0.1) is 10.0 Å². The van der Waals surface area contributed by atoms with E-state index in [0.717, 1.165) is 44.4 Å². The summed E-state index contributed by atoms with van der Waals surface area (Å²) >= 11 is 12.8. The molecule has 2 unspecified atom stereocenters. The first-order valence-corrected chi connectivity index (χ1v) is 33.3. The molecule has 2 bridgehead atoms. The quantitative estimate of drug-likeness (QED) is 0.0861. The van der Waals surface area contributed by atoms with Crippen molar-refractivity contribution < 1.29 is 9.59 Å². The molecule has 18 aromatic rings. The fraction of sp³-hybridized carbons (Fsp3) is 0.111. The van der Waals surface area contributed by atoms with Gasteiger partial charge < -0.3 is 0 Å². The molecule has 0 aromatic heterocycles. The molecule has 2 aliphatic rings. The van der Waals surface area contributed by atoms with Crippen LogP contribution in [-0.2, 0) is 9.59 Å². The predicted molar refractivity (Wildman–Crippen MR) is 406 cm³/mol. The van der Waals surface area contributed by atoms with E-state index in [0.29, 0.717) is 0 Å². The Morgan fingerprint density at radius 1 is 0.277 bits per heavy atom. The molecule has 94 heavy (non-hydrogen) atoms. The fourth-order valence-electron chi connectivity index (χ4n) is 15.6. The van der Waals surface area contributed by atoms with Crippen LogP contribution >= 0.6 is 23.2 Å². The Balaban J connectivity index is 0.0000000937. The fourth-order valence-corrected chi connectivity index (χ4v) is 16.2. The van der Waals surface area contributed by atoms with Gasteiger partial charge in [-0.05, 0) is 162 Å². The van der Waals surface area contributed by atoms with Gasteiger partial charge in [0.2, 0.25) is 11.6 Å². The summed E-state index contributed by atoms with van der Waals surface area (Å²) in [5, 5.41) is 35.4. The summed E-state index contributed by atoms with van der Waals surface area (Å²) in [6.45, 7) is 10.5. The third-order valence-corrected chi connectivity index (χ3v) is 21.8. The van der Waals surface area contributed by atoms with Crippen molar-refractivity contribution in [2.24, 2.45) is 16.7 Å². The van der Waals surface area contributed by atoms with Gasteiger partial charge in [0.1, 0.15) is 0 Å².